The van der Waals surface area contributed by atoms with E-state index in [9.17, 15) is 4.79 Å². The number of nitrogens with one attached hydrogen (secondary N) is 1. The van der Waals surface area contributed by atoms with Crippen LogP contribution in [0.4, 0.5) is 11.8 Å². The Kier molecular flexibility index (Phi) is 4.35. The monoisotopic (exact) mass is 295 g/mol. The molecule has 0 aliphatic rings. The number of ether oxygens (including phenoxy) is 1. The van der Waals surface area contributed by atoms with Crippen molar-refractivity contribution in [3.8, 4) is 6.01 Å². The molecule has 0 radical (unpaired) electrons. The highest BCUT2D eigenvalue weighted by Gasteiger charge is 2.09. The van der Waals surface area contributed by atoms with Crippen molar-refractivity contribution in [1.29, 1.82) is 0 Å². The van der Waals surface area contributed by atoms with Gasteiger partial charge in [-0.3, -0.25) is 4.79 Å². The lowest BCUT2D eigenvalue weighted by Crippen LogP contribution is -2.10. The summed E-state index contributed by atoms with van der Waals surface area (Å²) in [5.41, 5.74) is 10.7. The van der Waals surface area contributed by atoms with Gasteiger partial charge in [-0.25, -0.2) is 4.98 Å². The fraction of sp³-hybridized carbons (Fsp3) is 0.300. The summed E-state index contributed by atoms with van der Waals surface area (Å²) >= 11 is 1.01. The number of nitrogens with zero attached hydrogens (tertiary/aromatic N) is 4. The van der Waals surface area contributed by atoms with Gasteiger partial charge in [0.15, 0.2) is 5.16 Å². The third-order valence-corrected chi connectivity index (χ3v) is 2.73. The van der Waals surface area contributed by atoms with Crippen LogP contribution in [0.15, 0.2) is 21.2 Å². The molecule has 106 valence electrons. The van der Waals surface area contributed by atoms with E-state index in [1.165, 1.54) is 6.07 Å². The van der Waals surface area contributed by atoms with Crippen LogP contribution in [0.5, 0.6) is 6.01 Å². The third kappa shape index (κ3) is 3.82. The van der Waals surface area contributed by atoms with Crippen molar-refractivity contribution in [1.82, 2.24) is 24.9 Å². The highest BCUT2D eigenvalue weighted by molar-refractivity contribution is 7.99. The van der Waals surface area contributed by atoms with E-state index in [1.54, 1.807) is 0 Å². The van der Waals surface area contributed by atoms with E-state index in [0.717, 1.165) is 18.2 Å². The van der Waals surface area contributed by atoms with Crippen molar-refractivity contribution in [3.63, 3.8) is 0 Å². The van der Waals surface area contributed by atoms with Crippen molar-refractivity contribution in [2.75, 3.05) is 18.1 Å². The first-order valence-electron chi connectivity index (χ1n) is 5.76. The van der Waals surface area contributed by atoms with Crippen LogP contribution in [-0.2, 0) is 0 Å². The van der Waals surface area contributed by atoms with Gasteiger partial charge in [-0.2, -0.15) is 15.0 Å². The summed E-state index contributed by atoms with van der Waals surface area (Å²) in [5.74, 6) is 0.139. The molecule has 2 aromatic heterocycles. The Morgan fingerprint density at radius 3 is 2.80 bits per heavy atom. The molecule has 0 saturated heterocycles. The zero-order valence-electron chi connectivity index (χ0n) is 10.7. The van der Waals surface area contributed by atoms with E-state index in [1.807, 2.05) is 6.92 Å². The zero-order valence-corrected chi connectivity index (χ0v) is 11.5. The molecular weight excluding hydrogens is 282 g/mol. The van der Waals surface area contributed by atoms with Crippen LogP contribution in [0, 0.1) is 0 Å². The summed E-state index contributed by atoms with van der Waals surface area (Å²) in [4.78, 5) is 29.6. The molecule has 0 aliphatic carbocycles. The standard InChI is InChI=1S/C10H13N7O2S/c1-2-3-19-8-15-7(12)16-10(17-8)20-9-13-5(11)4-6(18)14-9/h4H,2-3H2,1H3,(H3,11,13,14,18)(H2,12,15,16,17). The zero-order chi connectivity index (χ0) is 14.5. The summed E-state index contributed by atoms with van der Waals surface area (Å²) < 4.78 is 5.29. The van der Waals surface area contributed by atoms with Gasteiger partial charge in [0.25, 0.3) is 5.56 Å². The van der Waals surface area contributed by atoms with Crippen LogP contribution < -0.4 is 21.8 Å². The lowest BCUT2D eigenvalue weighted by molar-refractivity contribution is 0.288. The van der Waals surface area contributed by atoms with Gasteiger partial charge in [-0.05, 0) is 18.2 Å². The smallest absolute Gasteiger partial charge is 0.322 e. The van der Waals surface area contributed by atoms with Crippen LogP contribution in [-0.4, -0.2) is 31.5 Å². The molecule has 0 saturated carbocycles. The Morgan fingerprint density at radius 1 is 1.30 bits per heavy atom. The number of hydrogen-bond acceptors (Lipinski definition) is 9. The average Bonchev–Trinajstić information content (AvgIpc) is 2.34. The lowest BCUT2D eigenvalue weighted by atomic mass is 10.5. The Balaban J connectivity index is 2.23. The Hall–Kier alpha value is -2.36. The van der Waals surface area contributed by atoms with Gasteiger partial charge in [0, 0.05) is 6.07 Å². The Bertz CT molecular complexity index is 660. The van der Waals surface area contributed by atoms with Crippen molar-refractivity contribution < 1.29 is 4.74 Å². The van der Waals surface area contributed by atoms with E-state index in [-0.39, 0.29) is 33.6 Å². The summed E-state index contributed by atoms with van der Waals surface area (Å²) in [7, 11) is 0. The van der Waals surface area contributed by atoms with Crippen LogP contribution in [0.3, 0.4) is 0 Å². The number of nitrogen functional groups attached to an aromatic ring is 2. The number of anilines is 2. The molecule has 0 bridgehead atoms. The minimum Gasteiger partial charge on any atom is -0.463 e. The fourth-order valence-electron chi connectivity index (χ4n) is 1.24. The van der Waals surface area contributed by atoms with Gasteiger partial charge in [0.05, 0.1) is 6.61 Å². The van der Waals surface area contributed by atoms with Crippen molar-refractivity contribution in [3.05, 3.63) is 16.4 Å². The van der Waals surface area contributed by atoms with E-state index < -0.39 is 0 Å². The predicted octanol–water partition coefficient (Wildman–Crippen LogP) is 0.0593. The van der Waals surface area contributed by atoms with Gasteiger partial charge < -0.3 is 21.2 Å². The Morgan fingerprint density at radius 2 is 2.10 bits per heavy atom. The maximum atomic E-state index is 11.3. The summed E-state index contributed by atoms with van der Waals surface area (Å²) in [6.45, 7) is 2.43. The molecule has 0 spiro atoms. The normalized spacial score (nSPS) is 10.4. The molecular formula is C10H13N7O2S. The number of aromatic nitrogens is 5. The lowest BCUT2D eigenvalue weighted by Gasteiger charge is -2.05. The first kappa shape index (κ1) is 14.1. The summed E-state index contributed by atoms with van der Waals surface area (Å²) in [6.07, 6.45) is 0.818. The average molecular weight is 295 g/mol. The van der Waals surface area contributed by atoms with Crippen LogP contribution in [0.1, 0.15) is 13.3 Å². The SMILES string of the molecule is CCCOc1nc(N)nc(Sc2nc(N)cc(=O)[nH]2)n1. The summed E-state index contributed by atoms with van der Waals surface area (Å²) in [5, 5.41) is 0.527. The maximum absolute atomic E-state index is 11.3. The number of aromatic amines is 1. The molecule has 0 aromatic carbocycles. The van der Waals surface area contributed by atoms with E-state index >= 15 is 0 Å². The minimum atomic E-state index is -0.357. The van der Waals surface area contributed by atoms with E-state index in [2.05, 4.69) is 24.9 Å². The van der Waals surface area contributed by atoms with Gasteiger partial charge in [0.1, 0.15) is 5.82 Å². The molecule has 0 atom stereocenters. The van der Waals surface area contributed by atoms with Crippen LogP contribution in [0.2, 0.25) is 0 Å². The van der Waals surface area contributed by atoms with E-state index in [0.29, 0.717) is 6.61 Å². The van der Waals surface area contributed by atoms with E-state index in [4.69, 9.17) is 16.2 Å². The molecule has 0 aliphatic heterocycles. The number of hydrogen-bond donors (Lipinski definition) is 3. The van der Waals surface area contributed by atoms with Crippen LogP contribution in [0.25, 0.3) is 0 Å². The number of rotatable bonds is 5. The van der Waals surface area contributed by atoms with Gasteiger partial charge in [-0.1, -0.05) is 6.92 Å². The van der Waals surface area contributed by atoms with Gasteiger partial charge >= 0.3 is 6.01 Å². The number of nitrogens with two attached hydrogens (primary N) is 2. The first-order valence-corrected chi connectivity index (χ1v) is 6.57. The molecule has 10 heteroatoms. The molecule has 2 rings (SSSR count). The van der Waals surface area contributed by atoms with Crippen molar-refractivity contribution in [2.24, 2.45) is 0 Å². The molecule has 0 fully saturated rings. The van der Waals surface area contributed by atoms with Crippen molar-refractivity contribution >= 4 is 23.5 Å². The fourth-order valence-corrected chi connectivity index (χ4v) is 1.98. The molecule has 20 heavy (non-hydrogen) atoms. The topological polar surface area (TPSA) is 146 Å². The predicted molar refractivity (Wildman–Crippen MR) is 73.4 cm³/mol. The first-order chi connectivity index (χ1) is 9.56. The Labute approximate surface area is 118 Å². The molecule has 2 aromatic rings. The van der Waals surface area contributed by atoms with Crippen molar-refractivity contribution in [2.45, 2.75) is 23.7 Å². The largest absolute Gasteiger partial charge is 0.463 e. The second-order valence-corrected chi connectivity index (χ2v) is 4.64. The van der Waals surface area contributed by atoms with Gasteiger partial charge in [0.2, 0.25) is 11.1 Å². The second-order valence-electron chi connectivity index (χ2n) is 3.68. The third-order valence-electron chi connectivity index (χ3n) is 1.97. The minimum absolute atomic E-state index is 0.0276. The highest BCUT2D eigenvalue weighted by Crippen LogP contribution is 2.22. The summed E-state index contributed by atoms with van der Waals surface area (Å²) in [6, 6.07) is 1.31. The maximum Gasteiger partial charge on any atom is 0.322 e. The second kappa shape index (κ2) is 6.19. The number of H-pyrrole nitrogens is 1. The van der Waals surface area contributed by atoms with Crippen LogP contribution >= 0.6 is 11.8 Å². The quantitative estimate of drug-likeness (QED) is 0.651. The molecule has 0 amide bonds. The highest BCUT2D eigenvalue weighted by atomic mass is 32.2. The molecule has 2 heterocycles. The molecule has 9 nitrogen and oxygen atoms in total. The molecule has 0 unspecified atom stereocenters. The molecule has 5 N–H and O–H groups in total. The van der Waals surface area contributed by atoms with Gasteiger partial charge in [-0.15, -0.1) is 0 Å².